The Morgan fingerprint density at radius 2 is 2.03 bits per heavy atom. The average molecular weight is 469 g/mol. The molecule has 0 spiro atoms. The van der Waals surface area contributed by atoms with Crippen LogP contribution in [0, 0.1) is 5.92 Å². The van der Waals surface area contributed by atoms with Crippen LogP contribution in [0.3, 0.4) is 0 Å². The number of hydrogen-bond donors (Lipinski definition) is 0. The van der Waals surface area contributed by atoms with Crippen LogP contribution in [0.4, 0.5) is 18.9 Å². The van der Waals surface area contributed by atoms with Crippen molar-refractivity contribution in [3.05, 3.63) is 17.8 Å². The summed E-state index contributed by atoms with van der Waals surface area (Å²) in [6.45, 7) is 2.19. The van der Waals surface area contributed by atoms with Crippen molar-refractivity contribution in [2.24, 2.45) is 5.92 Å². The molecule has 0 aliphatic carbocycles. The van der Waals surface area contributed by atoms with Crippen LogP contribution in [-0.2, 0) is 14.2 Å². The van der Waals surface area contributed by atoms with E-state index >= 15 is 0 Å². The predicted molar refractivity (Wildman–Crippen MR) is 114 cm³/mol. The van der Waals surface area contributed by atoms with E-state index in [0.717, 1.165) is 24.6 Å². The van der Waals surface area contributed by atoms with Crippen LogP contribution >= 0.6 is 24.0 Å². The van der Waals surface area contributed by atoms with Gasteiger partial charge in [-0.15, -0.1) is 0 Å². The third-order valence-electron chi connectivity index (χ3n) is 4.77. The number of alkyl halides is 3. The van der Waals surface area contributed by atoms with Gasteiger partial charge in [-0.05, 0) is 37.2 Å². The molecule has 1 atom stereocenters. The van der Waals surface area contributed by atoms with Gasteiger partial charge in [-0.1, -0.05) is 11.8 Å². The molecule has 1 aliphatic heterocycles. The topological polar surface area (TPSA) is 53.1 Å². The molecule has 30 heavy (non-hydrogen) atoms. The summed E-state index contributed by atoms with van der Waals surface area (Å²) in [6.07, 6.45) is -2.10. The molecule has 1 aliphatic rings. The number of rotatable bonds is 9. The van der Waals surface area contributed by atoms with Gasteiger partial charge < -0.3 is 23.8 Å². The van der Waals surface area contributed by atoms with Crippen LogP contribution in [0.25, 0.3) is 0 Å². The summed E-state index contributed by atoms with van der Waals surface area (Å²) in [5, 5.41) is 0. The van der Waals surface area contributed by atoms with Gasteiger partial charge in [0, 0.05) is 38.0 Å². The zero-order valence-electron chi connectivity index (χ0n) is 17.2. The Balaban J connectivity index is 2.24. The predicted octanol–water partition coefficient (Wildman–Crippen LogP) is 4.59. The Bertz CT molecular complexity index is 686. The summed E-state index contributed by atoms with van der Waals surface area (Å²) >= 11 is 6.12. The molecule has 0 amide bonds. The van der Waals surface area contributed by atoms with Crippen molar-refractivity contribution in [1.82, 2.24) is 4.98 Å². The number of methoxy groups -OCH3 is 2. The lowest BCUT2D eigenvalue weighted by molar-refractivity contribution is -0.152. The summed E-state index contributed by atoms with van der Waals surface area (Å²) in [4.78, 5) is 6.16. The number of thioether (sulfide) groups is 1. The van der Waals surface area contributed by atoms with Crippen molar-refractivity contribution in [2.75, 3.05) is 51.9 Å². The fourth-order valence-corrected chi connectivity index (χ4v) is 3.63. The van der Waals surface area contributed by atoms with Crippen molar-refractivity contribution >= 4 is 34.0 Å². The van der Waals surface area contributed by atoms with Crippen molar-refractivity contribution in [3.63, 3.8) is 0 Å². The normalized spacial score (nSPS) is 16.4. The number of aromatic nitrogens is 1. The molecule has 2 rings (SSSR count). The van der Waals surface area contributed by atoms with E-state index in [1.165, 1.54) is 13.3 Å². The van der Waals surface area contributed by atoms with Crippen LogP contribution in [0.1, 0.15) is 30.9 Å². The second-order valence-electron chi connectivity index (χ2n) is 6.87. The van der Waals surface area contributed by atoms with E-state index in [4.69, 9.17) is 31.2 Å². The Morgan fingerprint density at radius 3 is 2.60 bits per heavy atom. The van der Waals surface area contributed by atoms with Gasteiger partial charge in [-0.25, -0.2) is 4.98 Å². The molecule has 1 aromatic rings. The standard InChI is InChI=1S/C19H27F3N2O4S2/c1-25-12-27-11-13-4-6-24(7-5-13)15-8-17(26-2)23-10-14(15)16(9-19(20,21)22)28-18(29)30-3/h8,10,13,16H,4-7,9,11-12H2,1-3H3. The second-order valence-corrected chi connectivity index (χ2v) is 8.28. The van der Waals surface area contributed by atoms with Crippen molar-refractivity contribution in [1.29, 1.82) is 0 Å². The zero-order chi connectivity index (χ0) is 22.1. The highest BCUT2D eigenvalue weighted by Gasteiger charge is 2.36. The molecule has 0 aromatic carbocycles. The molecule has 2 heterocycles. The number of nitrogens with zero attached hydrogens (tertiary/aromatic N) is 2. The first-order valence-corrected chi connectivity index (χ1v) is 11.1. The molecule has 0 saturated carbocycles. The minimum atomic E-state index is -4.42. The molecule has 1 aromatic heterocycles. The van der Waals surface area contributed by atoms with E-state index in [1.54, 1.807) is 19.4 Å². The van der Waals surface area contributed by atoms with Crippen LogP contribution in [-0.4, -0.2) is 62.5 Å². The zero-order valence-corrected chi connectivity index (χ0v) is 18.9. The fraction of sp³-hybridized carbons (Fsp3) is 0.684. The van der Waals surface area contributed by atoms with Gasteiger partial charge >= 0.3 is 6.18 Å². The van der Waals surface area contributed by atoms with Crippen LogP contribution < -0.4 is 9.64 Å². The van der Waals surface area contributed by atoms with E-state index in [1.807, 2.05) is 4.90 Å². The molecule has 0 bridgehead atoms. The van der Waals surface area contributed by atoms with Crippen molar-refractivity contribution in [3.8, 4) is 5.88 Å². The Kier molecular flexibility index (Phi) is 9.92. The molecule has 0 N–H and O–H groups in total. The smallest absolute Gasteiger partial charge is 0.392 e. The summed E-state index contributed by atoms with van der Waals surface area (Å²) < 4.78 is 60.8. The fourth-order valence-electron chi connectivity index (χ4n) is 3.30. The largest absolute Gasteiger partial charge is 0.481 e. The molecule has 170 valence electrons. The van der Waals surface area contributed by atoms with Gasteiger partial charge in [-0.2, -0.15) is 13.2 Å². The lowest BCUT2D eigenvalue weighted by Crippen LogP contribution is -2.36. The maximum atomic E-state index is 13.3. The molecule has 1 fully saturated rings. The first-order chi connectivity index (χ1) is 14.3. The Labute approximate surface area is 184 Å². The number of piperidine rings is 1. The average Bonchev–Trinajstić information content (AvgIpc) is 2.72. The van der Waals surface area contributed by atoms with Gasteiger partial charge in [0.15, 0.2) is 0 Å². The summed E-state index contributed by atoms with van der Waals surface area (Å²) in [6, 6.07) is 1.66. The van der Waals surface area contributed by atoms with E-state index in [0.29, 0.717) is 42.7 Å². The maximum absolute atomic E-state index is 13.3. The molecular formula is C19H27F3N2O4S2. The molecular weight excluding hydrogens is 441 g/mol. The van der Waals surface area contributed by atoms with Crippen molar-refractivity contribution < 1.29 is 32.1 Å². The van der Waals surface area contributed by atoms with Gasteiger partial charge in [0.2, 0.25) is 10.3 Å². The minimum Gasteiger partial charge on any atom is -0.481 e. The lowest BCUT2D eigenvalue weighted by atomic mass is 9.96. The molecule has 1 saturated heterocycles. The lowest BCUT2D eigenvalue weighted by Gasteiger charge is -2.35. The summed E-state index contributed by atoms with van der Waals surface area (Å²) in [7, 11) is 3.04. The number of hydrogen-bond acceptors (Lipinski definition) is 8. The highest BCUT2D eigenvalue weighted by Crippen LogP contribution is 2.39. The SMILES string of the molecule is COCOCC1CCN(c2cc(OC)ncc2C(CC(F)(F)F)OC(=S)SC)CC1. The Morgan fingerprint density at radius 1 is 1.33 bits per heavy atom. The quantitative estimate of drug-likeness (QED) is 0.297. The molecule has 0 radical (unpaired) electrons. The monoisotopic (exact) mass is 468 g/mol. The van der Waals surface area contributed by atoms with Crippen LogP contribution in [0.2, 0.25) is 0 Å². The van der Waals surface area contributed by atoms with Crippen molar-refractivity contribution in [2.45, 2.75) is 31.5 Å². The van der Waals surface area contributed by atoms with Gasteiger partial charge in [0.05, 0.1) is 25.8 Å². The molecule has 6 nitrogen and oxygen atoms in total. The van der Waals surface area contributed by atoms with Crippen LogP contribution in [0.5, 0.6) is 5.88 Å². The summed E-state index contributed by atoms with van der Waals surface area (Å²) in [5.74, 6) is 0.701. The number of pyridine rings is 1. The number of anilines is 1. The van der Waals surface area contributed by atoms with E-state index < -0.39 is 18.7 Å². The minimum absolute atomic E-state index is 0.0556. The number of thiocarbonyl (C=S) groups is 1. The maximum Gasteiger partial charge on any atom is 0.392 e. The van der Waals surface area contributed by atoms with Crippen LogP contribution in [0.15, 0.2) is 12.3 Å². The second kappa shape index (κ2) is 11.9. The van der Waals surface area contributed by atoms with Gasteiger partial charge in [0.1, 0.15) is 12.9 Å². The van der Waals surface area contributed by atoms with E-state index in [9.17, 15) is 13.2 Å². The van der Waals surface area contributed by atoms with E-state index in [-0.39, 0.29) is 11.2 Å². The highest BCUT2D eigenvalue weighted by atomic mass is 32.2. The van der Waals surface area contributed by atoms with E-state index in [2.05, 4.69) is 4.98 Å². The Hall–Kier alpha value is -1.30. The first kappa shape index (κ1) is 25.0. The molecule has 11 heteroatoms. The molecule has 1 unspecified atom stereocenters. The summed E-state index contributed by atoms with van der Waals surface area (Å²) in [5.41, 5.74) is 0.967. The third kappa shape index (κ3) is 7.75. The van der Waals surface area contributed by atoms with Gasteiger partial charge in [0.25, 0.3) is 0 Å². The first-order valence-electron chi connectivity index (χ1n) is 9.44. The number of halogens is 3. The highest BCUT2D eigenvalue weighted by molar-refractivity contribution is 8.22. The third-order valence-corrected chi connectivity index (χ3v) is 5.80. The number of ether oxygens (including phenoxy) is 4. The van der Waals surface area contributed by atoms with Gasteiger partial charge in [-0.3, -0.25) is 0 Å².